The van der Waals surface area contributed by atoms with E-state index < -0.39 is 0 Å². The number of benzene rings is 1. The van der Waals surface area contributed by atoms with Gasteiger partial charge in [-0.15, -0.1) is 0 Å². The molecule has 2 rings (SSSR count). The molecule has 5 nitrogen and oxygen atoms in total. The van der Waals surface area contributed by atoms with Crippen LogP contribution in [0.15, 0.2) is 36.7 Å². The molecule has 0 fully saturated rings. The van der Waals surface area contributed by atoms with E-state index in [-0.39, 0.29) is 17.3 Å². The number of amides is 1. The van der Waals surface area contributed by atoms with Crippen molar-refractivity contribution in [2.24, 2.45) is 0 Å². The van der Waals surface area contributed by atoms with Crippen molar-refractivity contribution in [3.05, 3.63) is 53.7 Å². The van der Waals surface area contributed by atoms with E-state index in [4.69, 9.17) is 0 Å². The summed E-state index contributed by atoms with van der Waals surface area (Å²) in [5, 5.41) is 5.93. The van der Waals surface area contributed by atoms with Gasteiger partial charge in [-0.25, -0.2) is 14.4 Å². The van der Waals surface area contributed by atoms with Crippen molar-refractivity contribution < 1.29 is 9.18 Å². The average Bonchev–Trinajstić information content (AvgIpc) is 2.45. The highest BCUT2D eigenvalue weighted by Crippen LogP contribution is 2.09. The number of anilines is 1. The lowest BCUT2D eigenvalue weighted by Crippen LogP contribution is -2.40. The van der Waals surface area contributed by atoms with E-state index >= 15 is 0 Å². The molecule has 0 radical (unpaired) electrons. The highest BCUT2D eigenvalue weighted by Gasteiger charge is 2.16. The Morgan fingerprint density at radius 2 is 1.86 bits per heavy atom. The number of halogens is 1. The molecule has 6 heteroatoms. The van der Waals surface area contributed by atoms with Gasteiger partial charge in [-0.3, -0.25) is 4.79 Å². The number of carbonyl (C=O) groups excluding carboxylic acids is 1. The summed E-state index contributed by atoms with van der Waals surface area (Å²) in [6, 6.07) is 7.77. The van der Waals surface area contributed by atoms with Crippen molar-refractivity contribution in [2.45, 2.75) is 32.9 Å². The number of nitrogens with zero attached hydrogens (tertiary/aromatic N) is 2. The Morgan fingerprint density at radius 3 is 2.50 bits per heavy atom. The zero-order valence-electron chi connectivity index (χ0n) is 12.9. The van der Waals surface area contributed by atoms with Gasteiger partial charge in [-0.05, 0) is 38.5 Å². The van der Waals surface area contributed by atoms with Gasteiger partial charge >= 0.3 is 0 Å². The van der Waals surface area contributed by atoms with Crippen LogP contribution in [0, 0.1) is 5.82 Å². The minimum absolute atomic E-state index is 0.250. The molecule has 0 unspecified atom stereocenters. The molecular weight excluding hydrogens is 283 g/mol. The van der Waals surface area contributed by atoms with Crippen LogP contribution in [0.2, 0.25) is 0 Å². The summed E-state index contributed by atoms with van der Waals surface area (Å²) in [6.45, 7) is 6.19. The zero-order valence-corrected chi connectivity index (χ0v) is 12.9. The van der Waals surface area contributed by atoms with Gasteiger partial charge in [0.25, 0.3) is 5.91 Å². The zero-order chi connectivity index (χ0) is 16.2. The molecule has 22 heavy (non-hydrogen) atoms. The summed E-state index contributed by atoms with van der Waals surface area (Å²) in [5.41, 5.74) is 0.885. The van der Waals surface area contributed by atoms with E-state index in [9.17, 15) is 9.18 Å². The van der Waals surface area contributed by atoms with Crippen molar-refractivity contribution in [2.75, 3.05) is 5.32 Å². The molecular formula is C16H19FN4O. The third kappa shape index (κ3) is 4.80. The molecule has 2 N–H and O–H groups in total. The third-order valence-corrected chi connectivity index (χ3v) is 2.78. The Bertz CT molecular complexity index is 650. The Balaban J connectivity index is 2.02. The number of hydrogen-bond acceptors (Lipinski definition) is 4. The second-order valence-corrected chi connectivity index (χ2v) is 5.97. The van der Waals surface area contributed by atoms with E-state index in [1.165, 1.54) is 18.5 Å². The van der Waals surface area contributed by atoms with Gasteiger partial charge in [0.1, 0.15) is 23.7 Å². The fraction of sp³-hybridized carbons (Fsp3) is 0.312. The van der Waals surface area contributed by atoms with E-state index in [0.29, 0.717) is 18.1 Å². The Hall–Kier alpha value is -2.50. The van der Waals surface area contributed by atoms with Gasteiger partial charge < -0.3 is 10.6 Å². The molecule has 1 amide bonds. The van der Waals surface area contributed by atoms with E-state index in [2.05, 4.69) is 20.6 Å². The quantitative estimate of drug-likeness (QED) is 0.911. The monoisotopic (exact) mass is 302 g/mol. The van der Waals surface area contributed by atoms with Gasteiger partial charge in [-0.1, -0.05) is 12.1 Å². The van der Waals surface area contributed by atoms with Gasteiger partial charge in [0.15, 0.2) is 0 Å². The smallest absolute Gasteiger partial charge is 0.270 e. The Morgan fingerprint density at radius 1 is 1.18 bits per heavy atom. The SMILES string of the molecule is CC(C)(C)NC(=O)c1cc(NCc2ccc(F)cc2)ncn1. The first-order valence-electron chi connectivity index (χ1n) is 6.96. The summed E-state index contributed by atoms with van der Waals surface area (Å²) < 4.78 is 12.8. The van der Waals surface area contributed by atoms with Crippen molar-refractivity contribution in [1.29, 1.82) is 0 Å². The first-order chi connectivity index (χ1) is 10.3. The molecule has 0 spiro atoms. The van der Waals surface area contributed by atoms with Crippen molar-refractivity contribution >= 4 is 11.7 Å². The highest BCUT2D eigenvalue weighted by molar-refractivity contribution is 5.93. The maximum Gasteiger partial charge on any atom is 0.270 e. The predicted octanol–water partition coefficient (Wildman–Crippen LogP) is 2.76. The molecule has 116 valence electrons. The molecule has 0 aliphatic carbocycles. The minimum atomic E-state index is -0.330. The van der Waals surface area contributed by atoms with Crippen LogP contribution in [-0.4, -0.2) is 21.4 Å². The van der Waals surface area contributed by atoms with E-state index in [0.717, 1.165) is 5.56 Å². The normalized spacial score (nSPS) is 11.1. The van der Waals surface area contributed by atoms with E-state index in [1.807, 2.05) is 20.8 Å². The number of rotatable bonds is 4. The van der Waals surface area contributed by atoms with Gasteiger partial charge in [0.2, 0.25) is 0 Å². The molecule has 1 heterocycles. The third-order valence-electron chi connectivity index (χ3n) is 2.78. The average molecular weight is 302 g/mol. The van der Waals surface area contributed by atoms with Crippen LogP contribution in [0.1, 0.15) is 36.8 Å². The van der Waals surface area contributed by atoms with Crippen LogP contribution in [0.5, 0.6) is 0 Å². The molecule has 0 aliphatic rings. The summed E-state index contributed by atoms with van der Waals surface area (Å²) >= 11 is 0. The van der Waals surface area contributed by atoms with Crippen LogP contribution < -0.4 is 10.6 Å². The van der Waals surface area contributed by atoms with Crippen LogP contribution >= 0.6 is 0 Å². The highest BCUT2D eigenvalue weighted by atomic mass is 19.1. The summed E-state index contributed by atoms with van der Waals surface area (Å²) in [7, 11) is 0. The molecule has 0 aliphatic heterocycles. The maximum absolute atomic E-state index is 12.8. The first kappa shape index (κ1) is 15.9. The van der Waals surface area contributed by atoms with Crippen molar-refractivity contribution in [1.82, 2.24) is 15.3 Å². The van der Waals surface area contributed by atoms with E-state index in [1.54, 1.807) is 18.2 Å². The molecule has 0 saturated carbocycles. The summed E-state index contributed by atoms with van der Waals surface area (Å²) in [6.07, 6.45) is 1.34. The molecule has 0 saturated heterocycles. The maximum atomic E-state index is 12.8. The largest absolute Gasteiger partial charge is 0.366 e. The lowest BCUT2D eigenvalue weighted by molar-refractivity contribution is 0.0914. The Kier molecular flexibility index (Phi) is 4.70. The van der Waals surface area contributed by atoms with Crippen molar-refractivity contribution in [3.63, 3.8) is 0 Å². The van der Waals surface area contributed by atoms with Gasteiger partial charge in [-0.2, -0.15) is 0 Å². The van der Waals surface area contributed by atoms with Gasteiger partial charge in [0.05, 0.1) is 0 Å². The number of aromatic nitrogens is 2. The van der Waals surface area contributed by atoms with Crippen LogP contribution in [0.25, 0.3) is 0 Å². The first-order valence-corrected chi connectivity index (χ1v) is 6.96. The topological polar surface area (TPSA) is 66.9 Å². The lowest BCUT2D eigenvalue weighted by atomic mass is 10.1. The lowest BCUT2D eigenvalue weighted by Gasteiger charge is -2.20. The fourth-order valence-corrected chi connectivity index (χ4v) is 1.78. The Labute approximate surface area is 129 Å². The molecule has 1 aromatic carbocycles. The second kappa shape index (κ2) is 6.51. The predicted molar refractivity (Wildman–Crippen MR) is 83.0 cm³/mol. The summed E-state index contributed by atoms with van der Waals surface area (Å²) in [4.78, 5) is 20.1. The summed E-state index contributed by atoms with van der Waals surface area (Å²) in [5.74, 6) is 0.0186. The number of carbonyl (C=O) groups is 1. The standard InChI is InChI=1S/C16H19FN4O/c1-16(2,3)21-15(22)13-8-14(20-10-19-13)18-9-11-4-6-12(17)7-5-11/h4-8,10H,9H2,1-3H3,(H,21,22)(H,18,19,20). The molecule has 1 aromatic heterocycles. The number of hydrogen-bond donors (Lipinski definition) is 2. The van der Waals surface area contributed by atoms with Crippen molar-refractivity contribution in [3.8, 4) is 0 Å². The van der Waals surface area contributed by atoms with Crippen LogP contribution in [0.4, 0.5) is 10.2 Å². The second-order valence-electron chi connectivity index (χ2n) is 5.97. The van der Waals surface area contributed by atoms with Crippen LogP contribution in [-0.2, 0) is 6.54 Å². The number of nitrogens with one attached hydrogen (secondary N) is 2. The molecule has 0 bridgehead atoms. The fourth-order valence-electron chi connectivity index (χ4n) is 1.78. The van der Waals surface area contributed by atoms with Gasteiger partial charge in [0, 0.05) is 18.2 Å². The van der Waals surface area contributed by atoms with Crippen LogP contribution in [0.3, 0.4) is 0 Å². The molecule has 2 aromatic rings. The minimum Gasteiger partial charge on any atom is -0.366 e. The molecule has 0 atom stereocenters.